The van der Waals surface area contributed by atoms with Crippen LogP contribution in [0.2, 0.25) is 0 Å². The Morgan fingerprint density at radius 1 is 1.00 bits per heavy atom. The summed E-state index contributed by atoms with van der Waals surface area (Å²) in [5, 5.41) is 14.5. The molecule has 6 nitrogen and oxygen atoms in total. The SMILES string of the molecule is N#CN/C(=N\c1ccncc1)NCCCCCCCCOc1ccc(F)cc1. The van der Waals surface area contributed by atoms with Crippen LogP contribution in [-0.4, -0.2) is 24.1 Å². The third-order valence-electron chi connectivity index (χ3n) is 4.02. The van der Waals surface area contributed by atoms with Crippen molar-refractivity contribution >= 4 is 11.6 Å². The van der Waals surface area contributed by atoms with Crippen LogP contribution in [0.15, 0.2) is 53.8 Å². The topological polar surface area (TPSA) is 82.3 Å². The normalized spacial score (nSPS) is 10.9. The smallest absolute Gasteiger partial charge is 0.209 e. The first kappa shape index (κ1) is 21.2. The zero-order valence-electron chi connectivity index (χ0n) is 15.9. The second-order valence-corrected chi connectivity index (χ2v) is 6.25. The molecule has 1 heterocycles. The maximum Gasteiger partial charge on any atom is 0.209 e. The Hall–Kier alpha value is -3.14. The molecule has 0 aliphatic carbocycles. The summed E-state index contributed by atoms with van der Waals surface area (Å²) < 4.78 is 18.4. The van der Waals surface area contributed by atoms with E-state index in [9.17, 15) is 4.39 Å². The molecule has 0 aliphatic rings. The summed E-state index contributed by atoms with van der Waals surface area (Å²) in [5.41, 5.74) is 0.739. The molecule has 0 saturated carbocycles. The largest absolute Gasteiger partial charge is 0.494 e. The lowest BCUT2D eigenvalue weighted by molar-refractivity contribution is 0.304. The average molecular weight is 383 g/mol. The van der Waals surface area contributed by atoms with E-state index in [1.807, 2.05) is 6.19 Å². The molecule has 0 unspecified atom stereocenters. The molecule has 2 N–H and O–H groups in total. The van der Waals surface area contributed by atoms with Crippen molar-refractivity contribution < 1.29 is 9.13 Å². The number of nitrogens with zero attached hydrogens (tertiary/aromatic N) is 3. The van der Waals surface area contributed by atoms with Crippen molar-refractivity contribution in [3.63, 3.8) is 0 Å². The van der Waals surface area contributed by atoms with E-state index in [4.69, 9.17) is 10.00 Å². The van der Waals surface area contributed by atoms with Gasteiger partial charge in [-0.15, -0.1) is 0 Å². The Morgan fingerprint density at radius 2 is 1.68 bits per heavy atom. The molecule has 2 aromatic rings. The molecule has 0 fully saturated rings. The van der Waals surface area contributed by atoms with E-state index in [-0.39, 0.29) is 5.82 Å². The quantitative estimate of drug-likeness (QED) is 0.199. The molecule has 0 atom stereocenters. The predicted octanol–water partition coefficient (Wildman–Crippen LogP) is 4.29. The number of halogens is 1. The summed E-state index contributed by atoms with van der Waals surface area (Å²) in [4.78, 5) is 8.29. The number of benzene rings is 1. The number of hydrogen-bond acceptors (Lipinski definition) is 4. The van der Waals surface area contributed by atoms with Crippen LogP contribution in [0.3, 0.4) is 0 Å². The van der Waals surface area contributed by atoms with E-state index in [1.165, 1.54) is 12.1 Å². The van der Waals surface area contributed by atoms with Gasteiger partial charge < -0.3 is 10.1 Å². The first-order chi connectivity index (χ1) is 13.8. The Balaban J connectivity index is 1.50. The molecule has 28 heavy (non-hydrogen) atoms. The van der Waals surface area contributed by atoms with Crippen LogP contribution in [0, 0.1) is 17.3 Å². The fourth-order valence-electron chi connectivity index (χ4n) is 2.57. The fraction of sp³-hybridized carbons (Fsp3) is 0.381. The number of aromatic nitrogens is 1. The molecular formula is C21H26FN5O. The molecule has 0 saturated heterocycles. The van der Waals surface area contributed by atoms with Crippen LogP contribution < -0.4 is 15.4 Å². The predicted molar refractivity (Wildman–Crippen MR) is 108 cm³/mol. The van der Waals surface area contributed by atoms with E-state index in [0.29, 0.717) is 18.3 Å². The van der Waals surface area contributed by atoms with Gasteiger partial charge in [0.05, 0.1) is 12.3 Å². The zero-order chi connectivity index (χ0) is 19.9. The highest BCUT2D eigenvalue weighted by atomic mass is 19.1. The molecule has 1 aromatic carbocycles. The Bertz CT molecular complexity index is 744. The fourth-order valence-corrected chi connectivity index (χ4v) is 2.57. The second kappa shape index (κ2) is 13.1. The molecule has 0 spiro atoms. The zero-order valence-corrected chi connectivity index (χ0v) is 15.9. The van der Waals surface area contributed by atoms with Crippen LogP contribution >= 0.6 is 0 Å². The van der Waals surface area contributed by atoms with Gasteiger partial charge in [-0.25, -0.2) is 9.38 Å². The third-order valence-corrected chi connectivity index (χ3v) is 4.02. The van der Waals surface area contributed by atoms with Gasteiger partial charge in [-0.2, -0.15) is 5.26 Å². The van der Waals surface area contributed by atoms with Crippen molar-refractivity contribution in [1.82, 2.24) is 15.6 Å². The van der Waals surface area contributed by atoms with E-state index < -0.39 is 0 Å². The number of pyridine rings is 1. The summed E-state index contributed by atoms with van der Waals surface area (Å²) in [6.45, 7) is 1.41. The maximum atomic E-state index is 12.8. The number of aliphatic imine (C=N–C) groups is 1. The molecule has 1 aromatic heterocycles. The van der Waals surface area contributed by atoms with Gasteiger partial charge in [0, 0.05) is 18.9 Å². The molecule has 0 bridgehead atoms. The van der Waals surface area contributed by atoms with Crippen LogP contribution in [0.1, 0.15) is 38.5 Å². The minimum atomic E-state index is -0.249. The van der Waals surface area contributed by atoms with E-state index in [1.54, 1.807) is 36.7 Å². The van der Waals surface area contributed by atoms with E-state index >= 15 is 0 Å². The number of nitriles is 1. The van der Waals surface area contributed by atoms with Crippen molar-refractivity contribution in [2.24, 2.45) is 4.99 Å². The van der Waals surface area contributed by atoms with Gasteiger partial charge in [0.2, 0.25) is 5.96 Å². The van der Waals surface area contributed by atoms with Crippen molar-refractivity contribution in [3.8, 4) is 11.9 Å². The third kappa shape index (κ3) is 8.99. The number of ether oxygens (including phenoxy) is 1. The van der Waals surface area contributed by atoms with E-state index in [2.05, 4.69) is 20.6 Å². The number of rotatable bonds is 11. The standard InChI is InChI=1S/C21H26FN5O/c22-18-7-9-20(10-8-18)28-16-6-4-2-1-3-5-13-25-21(26-17-23)27-19-11-14-24-15-12-19/h7-12,14-15H,1-6,13,16H2,(H2,24,25,26,27). The number of unbranched alkanes of at least 4 members (excludes halogenated alkanes) is 5. The lowest BCUT2D eigenvalue weighted by Crippen LogP contribution is -2.34. The summed E-state index contributed by atoms with van der Waals surface area (Å²) in [6, 6.07) is 9.66. The second-order valence-electron chi connectivity index (χ2n) is 6.25. The van der Waals surface area contributed by atoms with Crippen LogP contribution in [0.5, 0.6) is 5.75 Å². The summed E-state index contributed by atoms with van der Waals surface area (Å²) in [7, 11) is 0. The van der Waals surface area contributed by atoms with E-state index in [0.717, 1.165) is 50.8 Å². The number of nitrogens with one attached hydrogen (secondary N) is 2. The van der Waals surface area contributed by atoms with Crippen LogP contribution in [-0.2, 0) is 0 Å². The Kier molecular flexibility index (Phi) is 9.90. The molecule has 7 heteroatoms. The van der Waals surface area contributed by atoms with Crippen molar-refractivity contribution in [3.05, 3.63) is 54.6 Å². The molecule has 148 valence electrons. The monoisotopic (exact) mass is 383 g/mol. The van der Waals surface area contributed by atoms with Crippen molar-refractivity contribution in [2.45, 2.75) is 38.5 Å². The minimum Gasteiger partial charge on any atom is -0.494 e. The van der Waals surface area contributed by atoms with Crippen LogP contribution in [0.4, 0.5) is 10.1 Å². The lowest BCUT2D eigenvalue weighted by Gasteiger charge is -2.08. The summed E-state index contributed by atoms with van der Waals surface area (Å²) in [5.74, 6) is 0.912. The highest BCUT2D eigenvalue weighted by Crippen LogP contribution is 2.12. The Morgan fingerprint density at radius 3 is 2.39 bits per heavy atom. The van der Waals surface area contributed by atoms with Gasteiger partial charge in [-0.3, -0.25) is 10.3 Å². The van der Waals surface area contributed by atoms with Crippen LogP contribution in [0.25, 0.3) is 0 Å². The lowest BCUT2D eigenvalue weighted by atomic mass is 10.1. The molecular weight excluding hydrogens is 357 g/mol. The Labute approximate surface area is 165 Å². The van der Waals surface area contributed by atoms with Gasteiger partial charge in [0.15, 0.2) is 6.19 Å². The highest BCUT2D eigenvalue weighted by Gasteiger charge is 1.99. The number of guanidine groups is 1. The molecule has 0 amide bonds. The first-order valence-corrected chi connectivity index (χ1v) is 9.54. The van der Waals surface area contributed by atoms with Crippen molar-refractivity contribution in [2.75, 3.05) is 13.2 Å². The van der Waals surface area contributed by atoms with Gasteiger partial charge in [0.1, 0.15) is 11.6 Å². The van der Waals surface area contributed by atoms with Gasteiger partial charge in [-0.1, -0.05) is 25.7 Å². The summed E-state index contributed by atoms with van der Waals surface area (Å²) in [6.07, 6.45) is 11.7. The minimum absolute atomic E-state index is 0.249. The van der Waals surface area contributed by atoms with Gasteiger partial charge in [0.25, 0.3) is 0 Å². The molecule has 2 rings (SSSR count). The first-order valence-electron chi connectivity index (χ1n) is 9.54. The van der Waals surface area contributed by atoms with Gasteiger partial charge in [-0.05, 0) is 49.2 Å². The number of hydrogen-bond donors (Lipinski definition) is 2. The maximum absolute atomic E-state index is 12.8. The highest BCUT2D eigenvalue weighted by molar-refractivity contribution is 5.83. The summed E-state index contributed by atoms with van der Waals surface area (Å²) >= 11 is 0. The van der Waals surface area contributed by atoms with Gasteiger partial charge >= 0.3 is 0 Å². The molecule has 0 aliphatic heterocycles. The van der Waals surface area contributed by atoms with Crippen molar-refractivity contribution in [1.29, 1.82) is 5.26 Å². The average Bonchev–Trinajstić information content (AvgIpc) is 2.71. The molecule has 0 radical (unpaired) electrons.